The average Bonchev–Trinajstić information content (AvgIpc) is 2.62. The summed E-state index contributed by atoms with van der Waals surface area (Å²) in [7, 11) is 0. The Labute approximate surface area is 182 Å². The first-order chi connectivity index (χ1) is 12.6. The zero-order valence-electron chi connectivity index (χ0n) is 18.8. The largest absolute Gasteiger partial charge is 0.459 e. The highest BCUT2D eigenvalue weighted by Crippen LogP contribution is 2.40. The number of esters is 1. The Morgan fingerprint density at radius 3 is 2.33 bits per heavy atom. The Kier molecular flexibility index (Phi) is 10.4. The SMILES string of the molecule is CCC1CC(CC(C)C)C=CCC(C(C)(CC)OC(=O)C(C)(CC)CI)C1. The van der Waals surface area contributed by atoms with E-state index in [-0.39, 0.29) is 17.0 Å². The molecule has 0 heterocycles. The zero-order chi connectivity index (χ0) is 20.7. The molecule has 5 unspecified atom stereocenters. The molecule has 0 aliphatic heterocycles. The fraction of sp³-hybridized carbons (Fsp3) is 0.875. The van der Waals surface area contributed by atoms with Gasteiger partial charge in [0.1, 0.15) is 5.60 Å². The van der Waals surface area contributed by atoms with Gasteiger partial charge in [-0.2, -0.15) is 0 Å². The minimum atomic E-state index is -0.374. The monoisotopic (exact) mass is 490 g/mol. The quantitative estimate of drug-likeness (QED) is 0.144. The van der Waals surface area contributed by atoms with Gasteiger partial charge in [0.2, 0.25) is 0 Å². The molecule has 158 valence electrons. The summed E-state index contributed by atoms with van der Waals surface area (Å²) in [5, 5.41) is 0. The maximum absolute atomic E-state index is 13.0. The van der Waals surface area contributed by atoms with Crippen LogP contribution < -0.4 is 0 Å². The molecule has 0 saturated heterocycles. The molecule has 0 aromatic heterocycles. The van der Waals surface area contributed by atoms with Crippen LogP contribution in [0.25, 0.3) is 0 Å². The summed E-state index contributed by atoms with van der Waals surface area (Å²) < 4.78 is 7.08. The molecule has 0 fully saturated rings. The van der Waals surface area contributed by atoms with Gasteiger partial charge in [-0.25, -0.2) is 0 Å². The molecule has 1 aliphatic carbocycles. The van der Waals surface area contributed by atoms with Crippen LogP contribution in [0.3, 0.4) is 0 Å². The van der Waals surface area contributed by atoms with E-state index >= 15 is 0 Å². The number of alkyl halides is 1. The lowest BCUT2D eigenvalue weighted by molar-refractivity contribution is -0.176. The third-order valence-electron chi connectivity index (χ3n) is 6.89. The molecular weight excluding hydrogens is 447 g/mol. The Morgan fingerprint density at radius 1 is 1.19 bits per heavy atom. The molecule has 0 aromatic rings. The first-order valence-corrected chi connectivity index (χ1v) is 12.6. The molecular formula is C24H43IO2. The molecule has 0 amide bonds. The Balaban J connectivity index is 2.99. The van der Waals surface area contributed by atoms with E-state index in [4.69, 9.17) is 4.74 Å². The molecule has 5 atom stereocenters. The van der Waals surface area contributed by atoms with Crippen molar-refractivity contribution in [2.45, 2.75) is 99.0 Å². The first kappa shape index (κ1) is 25.0. The van der Waals surface area contributed by atoms with Crippen molar-refractivity contribution < 1.29 is 9.53 Å². The van der Waals surface area contributed by atoms with E-state index in [0.29, 0.717) is 11.8 Å². The standard InChI is InChI=1S/C24H43IO2/c1-8-19-15-20(14-18(4)5)12-11-13-21(16-19)24(7,10-3)27-22(26)23(6,9-2)17-25/h11-12,18-21H,8-10,13-17H2,1-7H3. The van der Waals surface area contributed by atoms with Crippen molar-refractivity contribution in [3.8, 4) is 0 Å². The summed E-state index contributed by atoms with van der Waals surface area (Å²) in [6, 6.07) is 0. The second-order valence-corrected chi connectivity index (χ2v) is 10.4. The van der Waals surface area contributed by atoms with Gasteiger partial charge >= 0.3 is 5.97 Å². The predicted molar refractivity (Wildman–Crippen MR) is 125 cm³/mol. The number of carbonyl (C=O) groups is 1. The average molecular weight is 491 g/mol. The van der Waals surface area contributed by atoms with Crippen molar-refractivity contribution in [2.75, 3.05) is 4.43 Å². The van der Waals surface area contributed by atoms with E-state index < -0.39 is 0 Å². The van der Waals surface area contributed by atoms with Gasteiger partial charge in [0.15, 0.2) is 0 Å². The maximum atomic E-state index is 13.0. The summed E-state index contributed by atoms with van der Waals surface area (Å²) >= 11 is 2.32. The van der Waals surface area contributed by atoms with Crippen molar-refractivity contribution in [2.24, 2.45) is 29.1 Å². The van der Waals surface area contributed by atoms with Gasteiger partial charge < -0.3 is 4.74 Å². The molecule has 0 saturated carbocycles. The normalized spacial score (nSPS) is 28.1. The fourth-order valence-electron chi connectivity index (χ4n) is 4.22. The molecule has 0 aromatic carbocycles. The van der Waals surface area contributed by atoms with E-state index in [1.165, 1.54) is 25.7 Å². The third-order valence-corrected chi connectivity index (χ3v) is 8.58. The number of hydrogen-bond acceptors (Lipinski definition) is 2. The summed E-state index contributed by atoms with van der Waals surface area (Å²) in [6.45, 7) is 15.4. The smallest absolute Gasteiger partial charge is 0.313 e. The summed E-state index contributed by atoms with van der Waals surface area (Å²) in [5.41, 5.74) is -0.747. The lowest BCUT2D eigenvalue weighted by Crippen LogP contribution is -2.44. The first-order valence-electron chi connectivity index (χ1n) is 11.1. The molecule has 1 rings (SSSR count). The number of halogens is 1. The lowest BCUT2D eigenvalue weighted by Gasteiger charge is -2.41. The molecule has 0 radical (unpaired) electrons. The van der Waals surface area contributed by atoms with Crippen LogP contribution in [-0.2, 0) is 9.53 Å². The highest BCUT2D eigenvalue weighted by Gasteiger charge is 2.42. The second kappa shape index (κ2) is 11.2. The molecule has 1 aliphatic rings. The minimum Gasteiger partial charge on any atom is -0.459 e. The van der Waals surface area contributed by atoms with Crippen LogP contribution in [0.5, 0.6) is 0 Å². The maximum Gasteiger partial charge on any atom is 0.313 e. The summed E-state index contributed by atoms with van der Waals surface area (Å²) in [5.74, 6) is 2.56. The third kappa shape index (κ3) is 7.04. The van der Waals surface area contributed by atoms with Crippen molar-refractivity contribution >= 4 is 28.6 Å². The Bertz CT molecular complexity index is 481. The van der Waals surface area contributed by atoms with Gasteiger partial charge in [-0.05, 0) is 70.1 Å². The highest BCUT2D eigenvalue weighted by molar-refractivity contribution is 14.1. The van der Waals surface area contributed by atoms with E-state index in [2.05, 4.69) is 76.3 Å². The summed E-state index contributed by atoms with van der Waals surface area (Å²) in [4.78, 5) is 13.0. The van der Waals surface area contributed by atoms with E-state index in [1.807, 2.05) is 6.92 Å². The number of allylic oxidation sites excluding steroid dienone is 2. The van der Waals surface area contributed by atoms with Gasteiger partial charge in [0.05, 0.1) is 5.41 Å². The van der Waals surface area contributed by atoms with Crippen molar-refractivity contribution in [1.29, 1.82) is 0 Å². The van der Waals surface area contributed by atoms with Crippen LogP contribution in [-0.4, -0.2) is 16.0 Å². The van der Waals surface area contributed by atoms with E-state index in [9.17, 15) is 4.79 Å². The second-order valence-electron chi connectivity index (χ2n) is 9.60. The molecule has 3 heteroatoms. The highest BCUT2D eigenvalue weighted by atomic mass is 127. The Hall–Kier alpha value is -0.0600. The Morgan fingerprint density at radius 2 is 1.85 bits per heavy atom. The molecule has 0 spiro atoms. The topological polar surface area (TPSA) is 26.3 Å². The molecule has 0 bridgehead atoms. The van der Waals surface area contributed by atoms with Gasteiger partial charge in [-0.3, -0.25) is 4.79 Å². The van der Waals surface area contributed by atoms with Gasteiger partial charge in [-0.1, -0.05) is 75.8 Å². The van der Waals surface area contributed by atoms with E-state index in [1.54, 1.807) is 0 Å². The molecule has 27 heavy (non-hydrogen) atoms. The van der Waals surface area contributed by atoms with E-state index in [0.717, 1.165) is 35.5 Å². The number of hydrogen-bond donors (Lipinski definition) is 0. The fourth-order valence-corrected chi connectivity index (χ4v) is 5.07. The predicted octanol–water partition coefficient (Wildman–Crippen LogP) is 7.59. The van der Waals surface area contributed by atoms with Crippen LogP contribution >= 0.6 is 22.6 Å². The summed E-state index contributed by atoms with van der Waals surface area (Å²) in [6.07, 6.45) is 12.5. The molecule has 2 nitrogen and oxygen atoms in total. The number of rotatable bonds is 9. The van der Waals surface area contributed by atoms with Crippen molar-refractivity contribution in [1.82, 2.24) is 0 Å². The van der Waals surface area contributed by atoms with Crippen molar-refractivity contribution in [3.63, 3.8) is 0 Å². The van der Waals surface area contributed by atoms with Gasteiger partial charge in [-0.15, -0.1) is 0 Å². The van der Waals surface area contributed by atoms with Crippen LogP contribution in [0.4, 0.5) is 0 Å². The van der Waals surface area contributed by atoms with Crippen LogP contribution in [0.2, 0.25) is 0 Å². The molecule has 0 N–H and O–H groups in total. The van der Waals surface area contributed by atoms with Crippen LogP contribution in [0.1, 0.15) is 93.4 Å². The lowest BCUT2D eigenvalue weighted by atomic mass is 9.73. The van der Waals surface area contributed by atoms with Crippen LogP contribution in [0.15, 0.2) is 12.2 Å². The van der Waals surface area contributed by atoms with Gasteiger partial charge in [0.25, 0.3) is 0 Å². The zero-order valence-corrected chi connectivity index (χ0v) is 21.0. The van der Waals surface area contributed by atoms with Crippen molar-refractivity contribution in [3.05, 3.63) is 12.2 Å². The number of carbonyl (C=O) groups excluding carboxylic acids is 1. The van der Waals surface area contributed by atoms with Gasteiger partial charge in [0, 0.05) is 10.3 Å². The van der Waals surface area contributed by atoms with Crippen LogP contribution in [0, 0.1) is 29.1 Å². The minimum absolute atomic E-state index is 0.0134. The number of ether oxygens (including phenoxy) is 1.